The third kappa shape index (κ3) is 3.22. The summed E-state index contributed by atoms with van der Waals surface area (Å²) in [6.07, 6.45) is 2.77. The van der Waals surface area contributed by atoms with E-state index < -0.39 is 5.82 Å². The summed E-state index contributed by atoms with van der Waals surface area (Å²) in [5, 5.41) is 8.32. The van der Waals surface area contributed by atoms with Gasteiger partial charge < -0.3 is 9.64 Å². The summed E-state index contributed by atoms with van der Waals surface area (Å²) in [5.41, 5.74) is 5.73. The summed E-state index contributed by atoms with van der Waals surface area (Å²) in [7, 11) is 3.59. The number of fused-ring (bicyclic) bond motifs is 2. The third-order valence-electron chi connectivity index (χ3n) is 5.77. The molecule has 0 atom stereocenters. The van der Waals surface area contributed by atoms with Crippen molar-refractivity contribution in [2.24, 2.45) is 0 Å². The number of aromatic amines is 1. The Balaban J connectivity index is 1.71. The lowest BCUT2D eigenvalue weighted by Crippen LogP contribution is -2.27. The summed E-state index contributed by atoms with van der Waals surface area (Å²) < 4.78 is 20.2. The van der Waals surface area contributed by atoms with Gasteiger partial charge in [0, 0.05) is 47.9 Å². The summed E-state index contributed by atoms with van der Waals surface area (Å²) >= 11 is 0. The molecule has 0 fully saturated rings. The van der Waals surface area contributed by atoms with Gasteiger partial charge in [-0.3, -0.25) is 10.1 Å². The molecule has 6 nitrogen and oxygen atoms in total. The fourth-order valence-corrected chi connectivity index (χ4v) is 4.20. The minimum atomic E-state index is -0.438. The molecule has 0 unspecified atom stereocenters. The second-order valence-electron chi connectivity index (χ2n) is 7.73. The van der Waals surface area contributed by atoms with E-state index >= 15 is 0 Å². The van der Waals surface area contributed by atoms with Crippen LogP contribution >= 0.6 is 0 Å². The van der Waals surface area contributed by atoms with Crippen molar-refractivity contribution in [3.05, 3.63) is 71.1 Å². The molecule has 31 heavy (non-hydrogen) atoms. The van der Waals surface area contributed by atoms with Crippen LogP contribution < -0.4 is 4.74 Å². The van der Waals surface area contributed by atoms with Crippen molar-refractivity contribution in [1.82, 2.24) is 20.1 Å². The number of nitrogens with one attached hydrogen (secondary N) is 1. The van der Waals surface area contributed by atoms with Gasteiger partial charge in [0.15, 0.2) is 5.69 Å². The first kappa shape index (κ1) is 19.2. The quantitative estimate of drug-likeness (QED) is 0.482. The van der Waals surface area contributed by atoms with Crippen molar-refractivity contribution >= 4 is 16.6 Å². The highest BCUT2D eigenvalue weighted by Crippen LogP contribution is 2.42. The van der Waals surface area contributed by atoms with Gasteiger partial charge in [0.2, 0.25) is 0 Å². The Morgan fingerprint density at radius 2 is 2.13 bits per heavy atom. The number of pyridine rings is 1. The van der Waals surface area contributed by atoms with Crippen LogP contribution in [0.2, 0.25) is 0 Å². The first-order chi connectivity index (χ1) is 15.1. The highest BCUT2D eigenvalue weighted by atomic mass is 19.1. The second-order valence-corrected chi connectivity index (χ2v) is 7.73. The Morgan fingerprint density at radius 1 is 1.26 bits per heavy atom. The van der Waals surface area contributed by atoms with Crippen LogP contribution in [-0.4, -0.2) is 40.8 Å². The second kappa shape index (κ2) is 7.49. The Bertz CT molecular complexity index is 1350. The van der Waals surface area contributed by atoms with Crippen LogP contribution in [0.25, 0.3) is 38.1 Å². The largest absolute Gasteiger partial charge is 0.496 e. The molecule has 1 aliphatic heterocycles. The van der Waals surface area contributed by atoms with Gasteiger partial charge in [0.1, 0.15) is 17.3 Å². The van der Waals surface area contributed by atoms with E-state index in [-0.39, 0.29) is 5.56 Å². The minimum absolute atomic E-state index is 0.273. The molecule has 0 aliphatic carbocycles. The Morgan fingerprint density at radius 3 is 2.94 bits per heavy atom. The first-order valence-electron chi connectivity index (χ1n) is 9.98. The van der Waals surface area contributed by atoms with E-state index in [4.69, 9.17) is 11.3 Å². The molecule has 0 saturated heterocycles. The van der Waals surface area contributed by atoms with E-state index in [0.29, 0.717) is 17.0 Å². The maximum atomic E-state index is 14.8. The zero-order valence-electron chi connectivity index (χ0n) is 17.2. The lowest BCUT2D eigenvalue weighted by molar-refractivity contribution is 0.310. The van der Waals surface area contributed by atoms with Crippen LogP contribution in [0.5, 0.6) is 5.75 Å². The topological polar surface area (TPSA) is 58.4 Å². The number of benzene rings is 2. The van der Waals surface area contributed by atoms with Gasteiger partial charge in [-0.15, -0.1) is 0 Å². The number of hydrogen-bond acceptors (Lipinski definition) is 4. The van der Waals surface area contributed by atoms with Gasteiger partial charge in [-0.05, 0) is 42.4 Å². The smallest absolute Gasteiger partial charge is 0.197 e. The molecule has 0 amide bonds. The molecular weight excluding hydrogens is 393 g/mol. The molecule has 0 spiro atoms. The molecule has 4 aromatic rings. The molecule has 154 valence electrons. The molecule has 0 radical (unpaired) electrons. The normalized spacial score (nSPS) is 13.7. The number of methoxy groups -OCH3 is 1. The molecular formula is C24H20FN5O. The third-order valence-corrected chi connectivity index (χ3v) is 5.77. The number of nitrogens with zero attached hydrogens (tertiary/aromatic N) is 4. The average molecular weight is 413 g/mol. The van der Waals surface area contributed by atoms with E-state index in [2.05, 4.69) is 38.0 Å². The fourth-order valence-electron chi connectivity index (χ4n) is 4.20. The molecule has 2 aromatic heterocycles. The van der Waals surface area contributed by atoms with Gasteiger partial charge in [0.05, 0.1) is 19.2 Å². The van der Waals surface area contributed by atoms with Crippen LogP contribution in [0.4, 0.5) is 10.1 Å². The van der Waals surface area contributed by atoms with Gasteiger partial charge in [0.25, 0.3) is 0 Å². The molecule has 0 saturated carbocycles. The molecule has 1 aliphatic rings. The number of likely N-dealkylation sites (N-methyl/N-ethyl adjacent to an activating group) is 1. The zero-order chi connectivity index (χ0) is 21.5. The molecule has 2 aromatic carbocycles. The Labute approximate surface area is 179 Å². The lowest BCUT2D eigenvalue weighted by Gasteiger charge is -2.24. The molecule has 3 heterocycles. The summed E-state index contributed by atoms with van der Waals surface area (Å²) in [5.74, 6) is -0.0556. The van der Waals surface area contributed by atoms with Gasteiger partial charge in [-0.2, -0.15) is 5.10 Å². The van der Waals surface area contributed by atoms with Crippen molar-refractivity contribution in [3.8, 4) is 28.1 Å². The number of ether oxygens (including phenoxy) is 1. The number of aromatic nitrogens is 3. The first-order valence-corrected chi connectivity index (χ1v) is 9.98. The summed E-state index contributed by atoms with van der Waals surface area (Å²) in [4.78, 5) is 10.6. The minimum Gasteiger partial charge on any atom is -0.496 e. The van der Waals surface area contributed by atoms with Crippen LogP contribution in [-0.2, 0) is 13.0 Å². The molecule has 5 rings (SSSR count). The van der Waals surface area contributed by atoms with E-state index in [1.807, 2.05) is 12.3 Å². The number of H-pyrrole nitrogens is 1. The van der Waals surface area contributed by atoms with Crippen LogP contribution in [0.1, 0.15) is 11.3 Å². The number of halogens is 1. The highest BCUT2D eigenvalue weighted by Gasteiger charge is 2.20. The van der Waals surface area contributed by atoms with E-state index in [1.54, 1.807) is 18.2 Å². The van der Waals surface area contributed by atoms with E-state index in [1.165, 1.54) is 18.7 Å². The van der Waals surface area contributed by atoms with Crippen molar-refractivity contribution in [1.29, 1.82) is 0 Å². The summed E-state index contributed by atoms with van der Waals surface area (Å²) in [6, 6.07) is 10.3. The van der Waals surface area contributed by atoms with E-state index in [0.717, 1.165) is 47.4 Å². The van der Waals surface area contributed by atoms with Crippen molar-refractivity contribution < 1.29 is 9.13 Å². The Kier molecular flexibility index (Phi) is 4.64. The van der Waals surface area contributed by atoms with Gasteiger partial charge >= 0.3 is 0 Å². The molecule has 7 heteroatoms. The van der Waals surface area contributed by atoms with Gasteiger partial charge in [-0.25, -0.2) is 9.24 Å². The molecule has 0 bridgehead atoms. The maximum Gasteiger partial charge on any atom is 0.197 e. The number of rotatable bonds is 3. The fraction of sp³-hybridized carbons (Fsp3) is 0.208. The van der Waals surface area contributed by atoms with Crippen LogP contribution in [0.15, 0.2) is 42.6 Å². The van der Waals surface area contributed by atoms with Gasteiger partial charge in [-0.1, -0.05) is 12.1 Å². The predicted molar refractivity (Wildman–Crippen MR) is 118 cm³/mol. The van der Waals surface area contributed by atoms with Crippen LogP contribution in [0.3, 0.4) is 0 Å². The summed E-state index contributed by atoms with van der Waals surface area (Å²) in [6.45, 7) is 9.46. The zero-order valence-corrected chi connectivity index (χ0v) is 17.2. The monoisotopic (exact) mass is 413 g/mol. The average Bonchev–Trinajstić information content (AvgIpc) is 3.20. The van der Waals surface area contributed by atoms with Crippen molar-refractivity contribution in [2.45, 2.75) is 13.0 Å². The predicted octanol–water partition coefficient (Wildman–Crippen LogP) is 4.98. The van der Waals surface area contributed by atoms with E-state index in [9.17, 15) is 4.39 Å². The number of hydrogen-bond donors (Lipinski definition) is 1. The van der Waals surface area contributed by atoms with Crippen molar-refractivity contribution in [2.75, 3.05) is 20.7 Å². The lowest BCUT2D eigenvalue weighted by atomic mass is 9.97. The Hall–Kier alpha value is -3.76. The van der Waals surface area contributed by atoms with Crippen LogP contribution in [0, 0.1) is 12.4 Å². The standard InChI is InChI=1S/C24H20FN5O/c1-26-20-11-21-17(10-16(20)23-18(25)5-4-6-22(23)31-3)24(29-28-21)14-9-15-13-30(2)8-7-19(15)27-12-14/h4-6,9-12H,7-8,13H2,2-3H3,(H,28,29). The SMILES string of the molecule is [C-]#[N+]c1cc2[nH]nc(-c3cnc4c(c3)CN(C)CC4)c2cc1-c1c(F)cccc1OC. The van der Waals surface area contributed by atoms with Crippen molar-refractivity contribution in [3.63, 3.8) is 0 Å². The maximum absolute atomic E-state index is 14.8. The molecule has 1 N–H and O–H groups in total. The highest BCUT2D eigenvalue weighted by molar-refractivity contribution is 6.00.